The molecule has 2 fully saturated rings. The average Bonchev–Trinajstić information content (AvgIpc) is 3.71. The van der Waals surface area contributed by atoms with Gasteiger partial charge in [-0.25, -0.2) is 4.98 Å². The topological polar surface area (TPSA) is 95.6 Å². The zero-order chi connectivity index (χ0) is 27.5. The van der Waals surface area contributed by atoms with Gasteiger partial charge in [-0.3, -0.25) is 14.4 Å². The number of nitrogens with one attached hydrogen (secondary N) is 1. The fourth-order valence-electron chi connectivity index (χ4n) is 6.27. The van der Waals surface area contributed by atoms with Crippen molar-refractivity contribution in [2.24, 2.45) is 11.3 Å². The van der Waals surface area contributed by atoms with Gasteiger partial charge in [-0.1, -0.05) is 39.0 Å². The van der Waals surface area contributed by atoms with Gasteiger partial charge in [0, 0.05) is 31.5 Å². The van der Waals surface area contributed by atoms with Crippen LogP contribution in [0.4, 0.5) is 0 Å². The fraction of sp³-hybridized carbons (Fsp3) is 0.419. The molecule has 6 rings (SSSR count). The third-order valence-electron chi connectivity index (χ3n) is 8.53. The molecule has 0 saturated carbocycles. The molecular formula is C31H34N4O4. The van der Waals surface area contributed by atoms with Gasteiger partial charge in [0.15, 0.2) is 11.6 Å². The van der Waals surface area contributed by atoms with Gasteiger partial charge in [0.25, 0.3) is 5.91 Å². The van der Waals surface area contributed by atoms with E-state index in [1.165, 1.54) is 0 Å². The number of fused-ring (bicyclic) bond motifs is 4. The molecule has 2 aliphatic heterocycles. The van der Waals surface area contributed by atoms with Gasteiger partial charge in [0.05, 0.1) is 36.1 Å². The van der Waals surface area contributed by atoms with Crippen LogP contribution in [0, 0.1) is 11.3 Å². The number of Topliss-reactive ketones (excluding diaryl/α,β-unsaturated/α-hetero) is 1. The van der Waals surface area contributed by atoms with Crippen molar-refractivity contribution in [3.8, 4) is 5.75 Å². The monoisotopic (exact) mass is 526 g/mol. The van der Waals surface area contributed by atoms with Crippen molar-refractivity contribution < 1.29 is 19.1 Å². The van der Waals surface area contributed by atoms with Gasteiger partial charge in [0.2, 0.25) is 5.91 Å². The molecule has 3 aliphatic rings. The Morgan fingerprint density at radius 3 is 2.51 bits per heavy atom. The van der Waals surface area contributed by atoms with E-state index in [1.54, 1.807) is 7.11 Å². The van der Waals surface area contributed by atoms with Gasteiger partial charge in [-0.05, 0) is 53.3 Å². The zero-order valence-corrected chi connectivity index (χ0v) is 22.9. The molecule has 2 saturated heterocycles. The van der Waals surface area contributed by atoms with Crippen LogP contribution >= 0.6 is 0 Å². The number of benzene rings is 2. The van der Waals surface area contributed by atoms with Crippen LogP contribution in [-0.4, -0.2) is 69.6 Å². The number of para-hydroxylation sites is 2. The van der Waals surface area contributed by atoms with Crippen LogP contribution in [0.25, 0.3) is 17.1 Å². The number of imidazole rings is 1. The number of likely N-dealkylation sites (tertiary alicyclic amines) is 2. The van der Waals surface area contributed by atoms with Crippen molar-refractivity contribution in [1.29, 1.82) is 0 Å². The summed E-state index contributed by atoms with van der Waals surface area (Å²) in [7, 11) is 1.63. The number of amides is 2. The predicted molar refractivity (Wildman–Crippen MR) is 148 cm³/mol. The van der Waals surface area contributed by atoms with Gasteiger partial charge >= 0.3 is 0 Å². The average molecular weight is 527 g/mol. The number of nitrogens with zero attached hydrogens (tertiary/aromatic N) is 3. The summed E-state index contributed by atoms with van der Waals surface area (Å²) in [5.41, 5.74) is 4.06. The van der Waals surface area contributed by atoms with Gasteiger partial charge in [0.1, 0.15) is 5.75 Å². The molecule has 0 spiro atoms. The van der Waals surface area contributed by atoms with Crippen molar-refractivity contribution in [1.82, 2.24) is 19.8 Å². The summed E-state index contributed by atoms with van der Waals surface area (Å²) in [5, 5.41) is 0. The number of hydrogen-bond donors (Lipinski definition) is 1. The van der Waals surface area contributed by atoms with E-state index in [-0.39, 0.29) is 41.5 Å². The molecule has 1 N–H and O–H groups in total. The lowest BCUT2D eigenvalue weighted by molar-refractivity contribution is -0.143. The number of ketones is 1. The molecule has 3 aromatic rings. The van der Waals surface area contributed by atoms with E-state index < -0.39 is 5.92 Å². The molecule has 2 aromatic carbocycles. The third kappa shape index (κ3) is 4.51. The fourth-order valence-corrected chi connectivity index (χ4v) is 6.27. The maximum Gasteiger partial charge on any atom is 0.290 e. The molecule has 8 heteroatoms. The Morgan fingerprint density at radius 1 is 1.08 bits per heavy atom. The molecule has 202 valence electrons. The van der Waals surface area contributed by atoms with Gasteiger partial charge < -0.3 is 19.5 Å². The highest BCUT2D eigenvalue weighted by atomic mass is 16.5. The van der Waals surface area contributed by atoms with Crippen molar-refractivity contribution >= 4 is 34.7 Å². The minimum Gasteiger partial charge on any atom is -0.497 e. The first-order valence-electron chi connectivity index (χ1n) is 13.6. The molecule has 8 nitrogen and oxygen atoms in total. The number of ether oxygens (including phenoxy) is 1. The first-order valence-corrected chi connectivity index (χ1v) is 13.6. The summed E-state index contributed by atoms with van der Waals surface area (Å²) in [6, 6.07) is 13.4. The minimum atomic E-state index is -0.442. The molecule has 2 amide bonds. The highest BCUT2D eigenvalue weighted by Gasteiger charge is 2.50. The lowest BCUT2D eigenvalue weighted by Gasteiger charge is -2.38. The summed E-state index contributed by atoms with van der Waals surface area (Å²) in [6.07, 6.45) is 3.44. The van der Waals surface area contributed by atoms with E-state index in [9.17, 15) is 14.4 Å². The normalized spacial score (nSPS) is 20.8. The van der Waals surface area contributed by atoms with Crippen molar-refractivity contribution in [2.75, 3.05) is 20.2 Å². The van der Waals surface area contributed by atoms with Crippen molar-refractivity contribution in [3.63, 3.8) is 0 Å². The van der Waals surface area contributed by atoms with Crippen LogP contribution in [0.2, 0.25) is 0 Å². The number of carbonyl (C=O) groups excluding carboxylic acids is 3. The number of rotatable bonds is 6. The lowest BCUT2D eigenvalue weighted by Crippen LogP contribution is -2.53. The van der Waals surface area contributed by atoms with Crippen molar-refractivity contribution in [3.05, 3.63) is 65.0 Å². The summed E-state index contributed by atoms with van der Waals surface area (Å²) >= 11 is 0. The van der Waals surface area contributed by atoms with E-state index in [1.807, 2.05) is 79.1 Å². The first-order chi connectivity index (χ1) is 18.6. The van der Waals surface area contributed by atoms with Crippen molar-refractivity contribution in [2.45, 2.75) is 52.1 Å². The quantitative estimate of drug-likeness (QED) is 0.518. The number of carbonyl (C=O) groups is 3. The minimum absolute atomic E-state index is 0.0111. The Hall–Kier alpha value is -3.94. The smallest absolute Gasteiger partial charge is 0.290 e. The number of aromatic nitrogens is 2. The molecule has 39 heavy (non-hydrogen) atoms. The standard InChI is InChI=1S/C31H34N4O4/c1-31(2,3)24(15-27(36)20-11-18-9-10-23(39-4)13-19(18)12-20)29(37)34-16-22-14-21(34)17-35(22)30(38)28-32-25-7-5-6-8-26(25)33-28/h5-10,12-13,21-22,24H,11,14-17H2,1-4H3,(H,32,33)/t21-,22-,24+/m0/s1. The number of H-pyrrole nitrogens is 1. The van der Waals surface area contributed by atoms with E-state index in [0.717, 1.165) is 39.9 Å². The van der Waals surface area contributed by atoms with Crippen LogP contribution in [0.1, 0.15) is 55.4 Å². The van der Waals surface area contributed by atoms with E-state index in [4.69, 9.17) is 4.74 Å². The molecule has 3 heterocycles. The third-order valence-corrected chi connectivity index (χ3v) is 8.53. The first kappa shape index (κ1) is 25.3. The van der Waals surface area contributed by atoms with E-state index in [2.05, 4.69) is 9.97 Å². The number of methoxy groups -OCH3 is 1. The van der Waals surface area contributed by atoms with Crippen LogP contribution in [0.5, 0.6) is 5.75 Å². The molecule has 1 aliphatic carbocycles. The second kappa shape index (κ2) is 9.36. The molecule has 3 atom stereocenters. The lowest BCUT2D eigenvalue weighted by atomic mass is 9.76. The molecule has 0 radical (unpaired) electrons. The number of allylic oxidation sites excluding steroid dienone is 1. The summed E-state index contributed by atoms with van der Waals surface area (Å²) in [5.74, 6) is 0.559. The zero-order valence-electron chi connectivity index (χ0n) is 22.9. The predicted octanol–water partition coefficient (Wildman–Crippen LogP) is 4.26. The van der Waals surface area contributed by atoms with E-state index in [0.29, 0.717) is 25.3 Å². The molecule has 2 bridgehead atoms. The highest BCUT2D eigenvalue weighted by Crippen LogP contribution is 2.39. The molecule has 1 aromatic heterocycles. The van der Waals surface area contributed by atoms with Gasteiger partial charge in [-0.2, -0.15) is 0 Å². The van der Waals surface area contributed by atoms with Crippen LogP contribution in [0.3, 0.4) is 0 Å². The largest absolute Gasteiger partial charge is 0.497 e. The van der Waals surface area contributed by atoms with Crippen LogP contribution in [0.15, 0.2) is 48.0 Å². The Bertz CT molecular complexity index is 1480. The number of aromatic amines is 1. The second-order valence-electron chi connectivity index (χ2n) is 12.1. The summed E-state index contributed by atoms with van der Waals surface area (Å²) in [6.45, 7) is 7.05. The highest BCUT2D eigenvalue weighted by molar-refractivity contribution is 6.03. The Labute approximate surface area is 228 Å². The van der Waals surface area contributed by atoms with E-state index >= 15 is 0 Å². The summed E-state index contributed by atoms with van der Waals surface area (Å²) < 4.78 is 5.32. The maximum atomic E-state index is 13.9. The Kier molecular flexibility index (Phi) is 6.08. The summed E-state index contributed by atoms with van der Waals surface area (Å²) in [4.78, 5) is 52.0. The van der Waals surface area contributed by atoms with Crippen LogP contribution < -0.4 is 4.74 Å². The number of piperazine rings is 1. The Morgan fingerprint density at radius 2 is 1.82 bits per heavy atom. The maximum absolute atomic E-state index is 13.9. The Balaban J connectivity index is 1.14. The van der Waals surface area contributed by atoms with Crippen LogP contribution in [-0.2, 0) is 16.0 Å². The second-order valence-corrected chi connectivity index (χ2v) is 12.1. The van der Waals surface area contributed by atoms with Gasteiger partial charge in [-0.15, -0.1) is 0 Å². The molecular weight excluding hydrogens is 492 g/mol. The molecule has 0 unspecified atom stereocenters. The SMILES string of the molecule is COc1ccc2c(c1)C=C(C(=O)C[C@H](C(=O)N1C[C@@H]3C[C@H]1CN3C(=O)c1nc3ccccc3[nH]1)C(C)(C)C)C2. The number of hydrogen-bond acceptors (Lipinski definition) is 5.